The van der Waals surface area contributed by atoms with E-state index in [1.54, 1.807) is 7.11 Å². The molecular weight excluding hydrogens is 310 g/mol. The Hall–Kier alpha value is -2.60. The van der Waals surface area contributed by atoms with Gasteiger partial charge < -0.3 is 14.6 Å². The SMILES string of the molecule is COc1ccc(CNC(=O)c2sc(-n3cccc3)nc2C)cc1. The summed E-state index contributed by atoms with van der Waals surface area (Å²) in [7, 11) is 1.63. The van der Waals surface area contributed by atoms with Crippen molar-refractivity contribution >= 4 is 17.2 Å². The molecule has 1 amide bonds. The van der Waals surface area contributed by atoms with Crippen LogP contribution in [0.3, 0.4) is 0 Å². The summed E-state index contributed by atoms with van der Waals surface area (Å²) in [6, 6.07) is 11.5. The van der Waals surface area contributed by atoms with Crippen molar-refractivity contribution in [2.75, 3.05) is 7.11 Å². The third-order valence-corrected chi connectivity index (χ3v) is 4.60. The largest absolute Gasteiger partial charge is 0.497 e. The van der Waals surface area contributed by atoms with Gasteiger partial charge in [0.25, 0.3) is 5.91 Å². The number of nitrogens with zero attached hydrogens (tertiary/aromatic N) is 2. The number of carbonyl (C=O) groups excluding carboxylic acids is 1. The van der Waals surface area contributed by atoms with Crippen LogP contribution in [-0.4, -0.2) is 22.6 Å². The van der Waals surface area contributed by atoms with E-state index in [-0.39, 0.29) is 5.91 Å². The lowest BCUT2D eigenvalue weighted by atomic mass is 10.2. The van der Waals surface area contributed by atoms with Gasteiger partial charge in [0.15, 0.2) is 5.13 Å². The fourth-order valence-corrected chi connectivity index (χ4v) is 3.12. The van der Waals surface area contributed by atoms with E-state index in [1.807, 2.05) is 60.3 Å². The van der Waals surface area contributed by atoms with Gasteiger partial charge in [-0.3, -0.25) is 4.79 Å². The van der Waals surface area contributed by atoms with Crippen LogP contribution < -0.4 is 10.1 Å². The molecule has 0 bridgehead atoms. The predicted molar refractivity (Wildman–Crippen MR) is 90.3 cm³/mol. The molecular formula is C17H17N3O2S. The molecule has 3 aromatic rings. The number of benzene rings is 1. The zero-order valence-electron chi connectivity index (χ0n) is 12.9. The molecule has 0 atom stereocenters. The molecule has 0 fully saturated rings. The molecule has 0 saturated carbocycles. The van der Waals surface area contributed by atoms with E-state index >= 15 is 0 Å². The number of aryl methyl sites for hydroxylation is 1. The van der Waals surface area contributed by atoms with E-state index in [1.165, 1.54) is 11.3 Å². The van der Waals surface area contributed by atoms with Crippen LogP contribution in [0.4, 0.5) is 0 Å². The number of ether oxygens (including phenoxy) is 1. The molecule has 6 heteroatoms. The molecule has 5 nitrogen and oxygen atoms in total. The van der Waals surface area contributed by atoms with E-state index in [0.29, 0.717) is 11.4 Å². The van der Waals surface area contributed by atoms with Gasteiger partial charge >= 0.3 is 0 Å². The Kier molecular flexibility index (Phi) is 4.43. The maximum atomic E-state index is 12.4. The highest BCUT2D eigenvalue weighted by atomic mass is 32.1. The van der Waals surface area contributed by atoms with Gasteiger partial charge in [0, 0.05) is 18.9 Å². The quantitative estimate of drug-likeness (QED) is 0.783. The van der Waals surface area contributed by atoms with Crippen molar-refractivity contribution < 1.29 is 9.53 Å². The summed E-state index contributed by atoms with van der Waals surface area (Å²) in [6.45, 7) is 2.32. The van der Waals surface area contributed by atoms with Gasteiger partial charge in [-0.1, -0.05) is 23.5 Å². The topological polar surface area (TPSA) is 56.1 Å². The Morgan fingerprint density at radius 3 is 2.61 bits per heavy atom. The molecule has 23 heavy (non-hydrogen) atoms. The fraction of sp³-hybridized carbons (Fsp3) is 0.176. The van der Waals surface area contributed by atoms with Crippen LogP contribution in [0.1, 0.15) is 20.9 Å². The highest BCUT2D eigenvalue weighted by molar-refractivity contribution is 7.16. The second-order valence-corrected chi connectivity index (χ2v) is 6.01. The average molecular weight is 327 g/mol. The van der Waals surface area contributed by atoms with Crippen LogP contribution in [0, 0.1) is 6.92 Å². The highest BCUT2D eigenvalue weighted by Gasteiger charge is 2.15. The smallest absolute Gasteiger partial charge is 0.263 e. The van der Waals surface area contributed by atoms with Crippen molar-refractivity contribution in [1.29, 1.82) is 0 Å². The Balaban J connectivity index is 1.68. The first-order valence-corrected chi connectivity index (χ1v) is 8.01. The lowest BCUT2D eigenvalue weighted by Gasteiger charge is -2.05. The normalized spacial score (nSPS) is 10.5. The lowest BCUT2D eigenvalue weighted by Crippen LogP contribution is -2.22. The van der Waals surface area contributed by atoms with Gasteiger partial charge in [0.2, 0.25) is 0 Å². The van der Waals surface area contributed by atoms with Gasteiger partial charge in [-0.15, -0.1) is 0 Å². The number of nitrogens with one attached hydrogen (secondary N) is 1. The van der Waals surface area contributed by atoms with Gasteiger partial charge in [0.1, 0.15) is 10.6 Å². The number of thiazole rings is 1. The maximum absolute atomic E-state index is 12.4. The monoisotopic (exact) mass is 327 g/mol. The first kappa shape index (κ1) is 15.3. The standard InChI is InChI=1S/C17H17N3O2S/c1-12-15(23-17(19-12)20-9-3-4-10-20)16(21)18-11-13-5-7-14(22-2)8-6-13/h3-10H,11H2,1-2H3,(H,18,21). The minimum absolute atomic E-state index is 0.103. The van der Waals surface area contributed by atoms with Crippen molar-refractivity contribution in [3.8, 4) is 10.9 Å². The molecule has 0 aliphatic heterocycles. The summed E-state index contributed by atoms with van der Waals surface area (Å²) < 4.78 is 7.02. The van der Waals surface area contributed by atoms with E-state index in [4.69, 9.17) is 4.74 Å². The summed E-state index contributed by atoms with van der Waals surface area (Å²) in [6.07, 6.45) is 3.83. The van der Waals surface area contributed by atoms with Gasteiger partial charge in [-0.25, -0.2) is 4.98 Å². The number of hydrogen-bond acceptors (Lipinski definition) is 4. The van der Waals surface area contributed by atoms with E-state index in [0.717, 1.165) is 22.1 Å². The first-order chi connectivity index (χ1) is 11.2. The second-order valence-electron chi connectivity index (χ2n) is 5.03. The van der Waals surface area contributed by atoms with Crippen molar-refractivity contribution in [3.05, 3.63) is 64.9 Å². The average Bonchev–Trinajstić information content (AvgIpc) is 3.22. The molecule has 3 rings (SSSR count). The molecule has 2 heterocycles. The summed E-state index contributed by atoms with van der Waals surface area (Å²) >= 11 is 1.39. The summed E-state index contributed by atoms with van der Waals surface area (Å²) in [4.78, 5) is 17.5. The number of carbonyl (C=O) groups is 1. The summed E-state index contributed by atoms with van der Waals surface area (Å²) in [5.74, 6) is 0.698. The van der Waals surface area contributed by atoms with Crippen LogP contribution in [0.25, 0.3) is 5.13 Å². The molecule has 0 aliphatic carbocycles. The zero-order valence-corrected chi connectivity index (χ0v) is 13.8. The summed E-state index contributed by atoms with van der Waals surface area (Å²) in [5.41, 5.74) is 1.76. The van der Waals surface area contributed by atoms with Crippen LogP contribution in [0.2, 0.25) is 0 Å². The van der Waals surface area contributed by atoms with Crippen molar-refractivity contribution in [2.24, 2.45) is 0 Å². The van der Waals surface area contributed by atoms with Crippen molar-refractivity contribution in [3.63, 3.8) is 0 Å². The molecule has 0 unspecified atom stereocenters. The first-order valence-electron chi connectivity index (χ1n) is 7.19. The number of aromatic nitrogens is 2. The van der Waals surface area contributed by atoms with Crippen molar-refractivity contribution in [1.82, 2.24) is 14.9 Å². The number of rotatable bonds is 5. The Labute approximate surface area is 138 Å². The molecule has 0 aliphatic rings. The number of amides is 1. The lowest BCUT2D eigenvalue weighted by molar-refractivity contribution is 0.0954. The number of methoxy groups -OCH3 is 1. The fourth-order valence-electron chi connectivity index (χ4n) is 2.17. The highest BCUT2D eigenvalue weighted by Crippen LogP contribution is 2.21. The maximum Gasteiger partial charge on any atom is 0.263 e. The van der Waals surface area contributed by atoms with E-state index < -0.39 is 0 Å². The van der Waals surface area contributed by atoms with Crippen LogP contribution in [0.5, 0.6) is 5.75 Å². The molecule has 118 valence electrons. The molecule has 1 N–H and O–H groups in total. The third-order valence-electron chi connectivity index (χ3n) is 3.43. The molecule has 0 saturated heterocycles. The Morgan fingerprint density at radius 1 is 1.26 bits per heavy atom. The second kappa shape index (κ2) is 6.66. The van der Waals surface area contributed by atoms with E-state index in [2.05, 4.69) is 10.3 Å². The molecule has 1 aromatic carbocycles. The van der Waals surface area contributed by atoms with Gasteiger partial charge in [-0.2, -0.15) is 0 Å². The minimum atomic E-state index is -0.103. The molecule has 0 radical (unpaired) electrons. The predicted octanol–water partition coefficient (Wildman–Crippen LogP) is 3.18. The Morgan fingerprint density at radius 2 is 1.96 bits per heavy atom. The van der Waals surface area contributed by atoms with Crippen LogP contribution in [-0.2, 0) is 6.54 Å². The zero-order chi connectivity index (χ0) is 16.2. The summed E-state index contributed by atoms with van der Waals surface area (Å²) in [5, 5.41) is 3.73. The molecule has 2 aromatic heterocycles. The third kappa shape index (κ3) is 3.43. The van der Waals surface area contributed by atoms with Crippen LogP contribution >= 0.6 is 11.3 Å². The van der Waals surface area contributed by atoms with Crippen LogP contribution in [0.15, 0.2) is 48.8 Å². The van der Waals surface area contributed by atoms with Crippen molar-refractivity contribution in [2.45, 2.75) is 13.5 Å². The minimum Gasteiger partial charge on any atom is -0.497 e. The van der Waals surface area contributed by atoms with E-state index in [9.17, 15) is 4.79 Å². The van der Waals surface area contributed by atoms with Gasteiger partial charge in [-0.05, 0) is 36.8 Å². The Bertz CT molecular complexity index is 792. The number of hydrogen-bond donors (Lipinski definition) is 1. The molecule has 0 spiro atoms. The van der Waals surface area contributed by atoms with Gasteiger partial charge in [0.05, 0.1) is 12.8 Å².